The molecule has 1 aromatic rings. The predicted molar refractivity (Wildman–Crippen MR) is 74.1 cm³/mol. The number of aromatic nitrogens is 3. The van der Waals surface area contributed by atoms with E-state index in [1.54, 1.807) is 0 Å². The number of ether oxygens (including phenoxy) is 1. The highest BCUT2D eigenvalue weighted by Gasteiger charge is 2.30. The van der Waals surface area contributed by atoms with Gasteiger partial charge in [0, 0.05) is 38.4 Å². The molecule has 1 aliphatic heterocycles. The molecule has 0 amide bonds. The van der Waals surface area contributed by atoms with Crippen molar-refractivity contribution in [1.82, 2.24) is 20.3 Å². The summed E-state index contributed by atoms with van der Waals surface area (Å²) in [6, 6.07) is 0. The summed E-state index contributed by atoms with van der Waals surface area (Å²) in [7, 11) is 0. The summed E-state index contributed by atoms with van der Waals surface area (Å²) in [5.74, 6) is 0.566. The Morgan fingerprint density at radius 3 is 3.05 bits per heavy atom. The average molecular weight is 280 g/mol. The summed E-state index contributed by atoms with van der Waals surface area (Å²) in [6.07, 6.45) is 7.20. The van der Waals surface area contributed by atoms with E-state index in [0.717, 1.165) is 57.6 Å². The van der Waals surface area contributed by atoms with Gasteiger partial charge in [0.05, 0.1) is 17.9 Å². The van der Waals surface area contributed by atoms with E-state index in [1.165, 1.54) is 0 Å². The Morgan fingerprint density at radius 2 is 2.30 bits per heavy atom. The quantitative estimate of drug-likeness (QED) is 0.803. The summed E-state index contributed by atoms with van der Waals surface area (Å²) in [4.78, 5) is 0. The second-order valence-electron chi connectivity index (χ2n) is 6.20. The van der Waals surface area contributed by atoms with Gasteiger partial charge < -0.3 is 15.2 Å². The van der Waals surface area contributed by atoms with Crippen molar-refractivity contribution in [3.8, 4) is 0 Å². The molecule has 2 N–H and O–H groups in total. The van der Waals surface area contributed by atoms with Crippen molar-refractivity contribution < 1.29 is 9.84 Å². The van der Waals surface area contributed by atoms with Gasteiger partial charge in [-0.25, -0.2) is 0 Å². The van der Waals surface area contributed by atoms with Gasteiger partial charge in [-0.05, 0) is 19.3 Å². The lowest BCUT2D eigenvalue weighted by Gasteiger charge is -2.21. The van der Waals surface area contributed by atoms with Gasteiger partial charge in [0.25, 0.3) is 0 Å². The smallest absolute Gasteiger partial charge is 0.0964 e. The molecule has 6 nitrogen and oxygen atoms in total. The van der Waals surface area contributed by atoms with E-state index in [4.69, 9.17) is 4.74 Å². The Labute approximate surface area is 119 Å². The molecule has 1 saturated carbocycles. The molecule has 2 fully saturated rings. The third-order valence-corrected chi connectivity index (χ3v) is 4.35. The first-order valence-electron chi connectivity index (χ1n) is 7.63. The maximum absolute atomic E-state index is 10.2. The zero-order valence-electron chi connectivity index (χ0n) is 11.9. The van der Waals surface area contributed by atoms with Crippen LogP contribution in [0, 0.1) is 5.92 Å². The molecule has 3 rings (SSSR count). The number of hydrogen-bond donors (Lipinski definition) is 2. The van der Waals surface area contributed by atoms with Gasteiger partial charge >= 0.3 is 0 Å². The van der Waals surface area contributed by atoms with Crippen LogP contribution < -0.4 is 5.32 Å². The minimum atomic E-state index is -0.503. The van der Waals surface area contributed by atoms with E-state index in [-0.39, 0.29) is 0 Å². The van der Waals surface area contributed by atoms with Crippen LogP contribution in [0.3, 0.4) is 0 Å². The monoisotopic (exact) mass is 280 g/mol. The zero-order chi connectivity index (χ0) is 13.8. The molecule has 1 aliphatic carbocycles. The first kappa shape index (κ1) is 14.0. The van der Waals surface area contributed by atoms with Crippen molar-refractivity contribution in [1.29, 1.82) is 0 Å². The van der Waals surface area contributed by atoms with Crippen molar-refractivity contribution in [2.75, 3.05) is 19.8 Å². The van der Waals surface area contributed by atoms with Gasteiger partial charge in [0.1, 0.15) is 0 Å². The highest BCUT2D eigenvalue weighted by molar-refractivity contribution is 4.93. The normalized spacial score (nSPS) is 25.4. The second-order valence-corrected chi connectivity index (χ2v) is 6.20. The van der Waals surface area contributed by atoms with Crippen molar-refractivity contribution in [3.63, 3.8) is 0 Å². The molecule has 6 heteroatoms. The largest absolute Gasteiger partial charge is 0.389 e. The van der Waals surface area contributed by atoms with Crippen LogP contribution in [0.1, 0.15) is 37.8 Å². The van der Waals surface area contributed by atoms with Crippen LogP contribution >= 0.6 is 0 Å². The predicted octanol–water partition coefficient (Wildman–Crippen LogP) is 0.709. The topological polar surface area (TPSA) is 72.2 Å². The molecule has 1 saturated heterocycles. The molecule has 1 unspecified atom stereocenters. The van der Waals surface area contributed by atoms with Crippen LogP contribution in [0.2, 0.25) is 0 Å². The standard InChI is InChI=1S/C14H24N4O2/c19-14(4-1-2-5-14)11-15-7-13-9-18(17-16-13)8-12-3-6-20-10-12/h9,12,15,19H,1-8,10-11H2. The summed E-state index contributed by atoms with van der Waals surface area (Å²) in [5, 5.41) is 21.9. The van der Waals surface area contributed by atoms with Gasteiger partial charge in [0.15, 0.2) is 0 Å². The lowest BCUT2D eigenvalue weighted by molar-refractivity contribution is 0.0474. The van der Waals surface area contributed by atoms with E-state index >= 15 is 0 Å². The average Bonchev–Trinajstić information content (AvgIpc) is 3.14. The highest BCUT2D eigenvalue weighted by Crippen LogP contribution is 2.28. The van der Waals surface area contributed by atoms with E-state index < -0.39 is 5.60 Å². The van der Waals surface area contributed by atoms with Gasteiger partial charge in [-0.3, -0.25) is 4.68 Å². The molecule has 0 bridgehead atoms. The van der Waals surface area contributed by atoms with Crippen LogP contribution in [-0.2, 0) is 17.8 Å². The van der Waals surface area contributed by atoms with Crippen molar-refractivity contribution in [2.24, 2.45) is 5.92 Å². The van der Waals surface area contributed by atoms with Crippen LogP contribution in [0.5, 0.6) is 0 Å². The van der Waals surface area contributed by atoms with E-state index in [1.807, 2.05) is 10.9 Å². The minimum absolute atomic E-state index is 0.503. The molecule has 2 heterocycles. The molecule has 0 radical (unpaired) electrons. The number of aliphatic hydroxyl groups is 1. The molecular weight excluding hydrogens is 256 g/mol. The van der Waals surface area contributed by atoms with Crippen LogP contribution in [-0.4, -0.2) is 45.5 Å². The van der Waals surface area contributed by atoms with E-state index in [2.05, 4.69) is 15.6 Å². The van der Waals surface area contributed by atoms with Crippen LogP contribution in [0.25, 0.3) is 0 Å². The van der Waals surface area contributed by atoms with Crippen LogP contribution in [0.15, 0.2) is 6.20 Å². The molecule has 0 spiro atoms. The number of nitrogens with one attached hydrogen (secondary N) is 1. The number of rotatable bonds is 6. The molecule has 1 atom stereocenters. The third-order valence-electron chi connectivity index (χ3n) is 4.35. The molecular formula is C14H24N4O2. The van der Waals surface area contributed by atoms with E-state index in [9.17, 15) is 5.11 Å². The molecule has 1 aromatic heterocycles. The Balaban J connectivity index is 1.42. The second kappa shape index (κ2) is 6.20. The summed E-state index contributed by atoms with van der Waals surface area (Å²) < 4.78 is 7.27. The van der Waals surface area contributed by atoms with Crippen molar-refractivity contribution in [2.45, 2.75) is 50.8 Å². The summed E-state index contributed by atoms with van der Waals surface area (Å²) in [5.41, 5.74) is 0.433. The van der Waals surface area contributed by atoms with Gasteiger partial charge in [-0.15, -0.1) is 5.10 Å². The van der Waals surface area contributed by atoms with Gasteiger partial charge in [-0.2, -0.15) is 0 Å². The highest BCUT2D eigenvalue weighted by atomic mass is 16.5. The molecule has 2 aliphatic rings. The lowest BCUT2D eigenvalue weighted by Crippen LogP contribution is -2.37. The summed E-state index contributed by atoms with van der Waals surface area (Å²) >= 11 is 0. The molecule has 0 aromatic carbocycles. The Morgan fingerprint density at radius 1 is 1.45 bits per heavy atom. The number of hydrogen-bond acceptors (Lipinski definition) is 5. The van der Waals surface area contributed by atoms with Gasteiger partial charge in [0.2, 0.25) is 0 Å². The molecule has 20 heavy (non-hydrogen) atoms. The number of nitrogens with zero attached hydrogens (tertiary/aromatic N) is 3. The fourth-order valence-electron chi connectivity index (χ4n) is 3.13. The maximum atomic E-state index is 10.2. The van der Waals surface area contributed by atoms with Crippen molar-refractivity contribution >= 4 is 0 Å². The third kappa shape index (κ3) is 3.56. The van der Waals surface area contributed by atoms with E-state index in [0.29, 0.717) is 19.0 Å². The Kier molecular flexibility index (Phi) is 4.33. The van der Waals surface area contributed by atoms with Gasteiger partial charge in [-0.1, -0.05) is 18.1 Å². The maximum Gasteiger partial charge on any atom is 0.0964 e. The minimum Gasteiger partial charge on any atom is -0.389 e. The van der Waals surface area contributed by atoms with Crippen molar-refractivity contribution in [3.05, 3.63) is 11.9 Å². The zero-order valence-corrected chi connectivity index (χ0v) is 11.9. The summed E-state index contributed by atoms with van der Waals surface area (Å²) in [6.45, 7) is 3.91. The fraction of sp³-hybridized carbons (Fsp3) is 0.857. The fourth-order valence-corrected chi connectivity index (χ4v) is 3.13. The first-order chi connectivity index (χ1) is 9.73. The first-order valence-corrected chi connectivity index (χ1v) is 7.63. The SMILES string of the molecule is OC1(CNCc2cn(CC3CCOC3)nn2)CCCC1. The Hall–Kier alpha value is -0.980. The Bertz CT molecular complexity index is 423. The lowest BCUT2D eigenvalue weighted by atomic mass is 10.0. The molecule has 112 valence electrons. The van der Waals surface area contributed by atoms with Crippen LogP contribution in [0.4, 0.5) is 0 Å².